The van der Waals surface area contributed by atoms with Gasteiger partial charge in [-0.25, -0.2) is 4.98 Å². The van der Waals surface area contributed by atoms with Crippen LogP contribution in [-0.2, 0) is 6.42 Å². The Balaban J connectivity index is 1.73. The van der Waals surface area contributed by atoms with Gasteiger partial charge in [0.05, 0.1) is 6.20 Å². The van der Waals surface area contributed by atoms with Crippen LogP contribution in [0, 0.1) is 0 Å². The first kappa shape index (κ1) is 15.7. The van der Waals surface area contributed by atoms with E-state index in [-0.39, 0.29) is 0 Å². The van der Waals surface area contributed by atoms with Crippen LogP contribution in [0.4, 0.5) is 5.69 Å². The molecule has 2 aliphatic rings. The Morgan fingerprint density at radius 1 is 1.25 bits per heavy atom. The molecule has 1 aromatic carbocycles. The van der Waals surface area contributed by atoms with Crippen molar-refractivity contribution < 1.29 is 4.42 Å². The Morgan fingerprint density at radius 3 is 2.79 bits per heavy atom. The number of hydrogen-bond donors (Lipinski definition) is 1. The van der Waals surface area contributed by atoms with E-state index in [9.17, 15) is 0 Å². The monoisotopic (exact) mass is 325 g/mol. The number of nitrogens with zero attached hydrogens (tertiary/aromatic N) is 2. The van der Waals surface area contributed by atoms with Crippen LogP contribution in [0.1, 0.15) is 50.2 Å². The molecule has 0 radical (unpaired) electrons. The molecular weight excluding hydrogens is 298 g/mol. The largest absolute Gasteiger partial charge is 0.444 e. The lowest BCUT2D eigenvalue weighted by Crippen LogP contribution is -2.41. The first-order valence-corrected chi connectivity index (χ1v) is 9.34. The van der Waals surface area contributed by atoms with Crippen molar-refractivity contribution in [3.63, 3.8) is 0 Å². The lowest BCUT2D eigenvalue weighted by Gasteiger charge is -2.37. The highest BCUT2D eigenvalue weighted by Gasteiger charge is 2.36. The number of oxazole rings is 1. The van der Waals surface area contributed by atoms with Crippen LogP contribution in [0.5, 0.6) is 0 Å². The van der Waals surface area contributed by atoms with Crippen LogP contribution in [-0.4, -0.2) is 35.6 Å². The maximum absolute atomic E-state index is 5.63. The fraction of sp³-hybridized carbons (Fsp3) is 0.550. The molecule has 0 spiro atoms. The minimum Gasteiger partial charge on any atom is -0.444 e. The van der Waals surface area contributed by atoms with Crippen molar-refractivity contribution in [1.82, 2.24) is 9.88 Å². The quantitative estimate of drug-likeness (QED) is 0.860. The molecule has 2 aromatic rings. The molecule has 24 heavy (non-hydrogen) atoms. The molecule has 1 aliphatic carbocycles. The molecule has 0 saturated carbocycles. The topological polar surface area (TPSA) is 41.3 Å². The zero-order valence-electron chi connectivity index (χ0n) is 14.7. The third-order valence-electron chi connectivity index (χ3n) is 5.54. The van der Waals surface area contributed by atoms with E-state index < -0.39 is 0 Å². The van der Waals surface area contributed by atoms with Crippen molar-refractivity contribution >= 4 is 5.69 Å². The normalized spacial score (nSPS) is 21.8. The van der Waals surface area contributed by atoms with Gasteiger partial charge in [0.2, 0.25) is 0 Å². The van der Waals surface area contributed by atoms with Crippen molar-refractivity contribution in [3.8, 4) is 11.3 Å². The molecule has 2 heterocycles. The van der Waals surface area contributed by atoms with E-state index in [0.717, 1.165) is 18.7 Å². The average molecular weight is 325 g/mol. The fourth-order valence-electron chi connectivity index (χ4n) is 4.60. The first-order valence-electron chi connectivity index (χ1n) is 9.34. The maximum Gasteiger partial charge on any atom is 0.181 e. The summed E-state index contributed by atoms with van der Waals surface area (Å²) in [5, 5.41) is 3.61. The van der Waals surface area contributed by atoms with Gasteiger partial charge >= 0.3 is 0 Å². The smallest absolute Gasteiger partial charge is 0.181 e. The lowest BCUT2D eigenvalue weighted by molar-refractivity contribution is 0.172. The van der Waals surface area contributed by atoms with Crippen molar-refractivity contribution in [2.24, 2.45) is 0 Å². The van der Waals surface area contributed by atoms with Gasteiger partial charge in [-0.15, -0.1) is 0 Å². The van der Waals surface area contributed by atoms with E-state index >= 15 is 0 Å². The Bertz CT molecular complexity index is 689. The predicted octanol–water partition coefficient (Wildman–Crippen LogP) is 4.29. The average Bonchev–Trinajstić information content (AvgIpc) is 3.26. The molecule has 0 saturated heterocycles. The van der Waals surface area contributed by atoms with Crippen molar-refractivity contribution in [2.75, 3.05) is 25.0 Å². The van der Waals surface area contributed by atoms with E-state index in [1.165, 1.54) is 61.1 Å². The van der Waals surface area contributed by atoms with Crippen molar-refractivity contribution in [3.05, 3.63) is 35.9 Å². The van der Waals surface area contributed by atoms with Gasteiger partial charge in [-0.2, -0.15) is 0 Å². The van der Waals surface area contributed by atoms with Gasteiger partial charge in [0.25, 0.3) is 0 Å². The Morgan fingerprint density at radius 2 is 2.08 bits per heavy atom. The number of benzene rings is 1. The summed E-state index contributed by atoms with van der Waals surface area (Å²) in [5.41, 5.74) is 5.58. The van der Waals surface area contributed by atoms with Crippen LogP contribution in [0.25, 0.3) is 11.3 Å². The van der Waals surface area contributed by atoms with Gasteiger partial charge < -0.3 is 14.6 Å². The minimum atomic E-state index is 0.632. The van der Waals surface area contributed by atoms with Gasteiger partial charge in [0, 0.05) is 29.8 Å². The molecular formula is C20H27N3O. The van der Waals surface area contributed by atoms with Crippen LogP contribution < -0.4 is 5.32 Å². The maximum atomic E-state index is 5.63. The molecule has 4 heteroatoms. The summed E-state index contributed by atoms with van der Waals surface area (Å²) in [6.45, 7) is 8.05. The fourth-order valence-corrected chi connectivity index (χ4v) is 4.60. The summed E-state index contributed by atoms with van der Waals surface area (Å²) < 4.78 is 5.63. The van der Waals surface area contributed by atoms with Crippen LogP contribution in [0.3, 0.4) is 0 Å². The highest BCUT2D eigenvalue weighted by molar-refractivity contribution is 5.73. The lowest BCUT2D eigenvalue weighted by atomic mass is 9.78. The summed E-state index contributed by atoms with van der Waals surface area (Å²) >= 11 is 0. The van der Waals surface area contributed by atoms with Gasteiger partial charge in [-0.1, -0.05) is 13.8 Å². The number of rotatable bonds is 6. The second-order valence-electron chi connectivity index (χ2n) is 7.13. The minimum absolute atomic E-state index is 0.632. The van der Waals surface area contributed by atoms with E-state index in [4.69, 9.17) is 4.42 Å². The number of nitrogens with one attached hydrogen (secondary N) is 1. The third-order valence-corrected chi connectivity index (χ3v) is 5.54. The Kier molecular flexibility index (Phi) is 4.31. The molecule has 0 bridgehead atoms. The van der Waals surface area contributed by atoms with Crippen LogP contribution in [0.15, 0.2) is 29.1 Å². The second-order valence-corrected chi connectivity index (χ2v) is 7.13. The summed E-state index contributed by atoms with van der Waals surface area (Å²) in [6.07, 6.45) is 8.22. The molecule has 1 N–H and O–H groups in total. The number of aromatic nitrogens is 1. The highest BCUT2D eigenvalue weighted by atomic mass is 16.3. The molecule has 2 atom stereocenters. The first-order chi connectivity index (χ1) is 11.8. The van der Waals surface area contributed by atoms with E-state index in [2.05, 4.69) is 41.2 Å². The van der Waals surface area contributed by atoms with E-state index in [1.807, 2.05) is 6.20 Å². The number of anilines is 1. The summed E-state index contributed by atoms with van der Waals surface area (Å²) in [6, 6.07) is 5.06. The summed E-state index contributed by atoms with van der Waals surface area (Å²) in [4.78, 5) is 6.83. The van der Waals surface area contributed by atoms with Crippen molar-refractivity contribution in [2.45, 2.75) is 51.5 Å². The van der Waals surface area contributed by atoms with E-state index in [1.54, 1.807) is 0 Å². The summed E-state index contributed by atoms with van der Waals surface area (Å²) in [5.74, 6) is 1.53. The molecule has 0 amide bonds. The molecule has 1 aromatic heterocycles. The number of hydrogen-bond acceptors (Lipinski definition) is 4. The van der Waals surface area contributed by atoms with E-state index in [0.29, 0.717) is 12.0 Å². The van der Waals surface area contributed by atoms with Gasteiger partial charge in [0.1, 0.15) is 0 Å². The zero-order chi connectivity index (χ0) is 16.5. The van der Waals surface area contributed by atoms with Gasteiger partial charge in [-0.05, 0) is 62.0 Å². The highest BCUT2D eigenvalue weighted by Crippen LogP contribution is 2.46. The predicted molar refractivity (Wildman–Crippen MR) is 97.4 cm³/mol. The molecule has 128 valence electrons. The third kappa shape index (κ3) is 2.63. The van der Waals surface area contributed by atoms with Crippen LogP contribution >= 0.6 is 0 Å². The second kappa shape index (κ2) is 6.60. The molecule has 4 nitrogen and oxygen atoms in total. The van der Waals surface area contributed by atoms with Gasteiger partial charge in [-0.3, -0.25) is 0 Å². The van der Waals surface area contributed by atoms with Crippen LogP contribution in [0.2, 0.25) is 0 Å². The molecule has 2 unspecified atom stereocenters. The SMILES string of the molecule is CCCN(CCC)C1Cc2c(-c3cnco3)ccc3c2C(CN3)C1. The Labute approximate surface area is 144 Å². The van der Waals surface area contributed by atoms with Gasteiger partial charge in [0.15, 0.2) is 12.2 Å². The zero-order valence-corrected chi connectivity index (χ0v) is 14.7. The molecule has 0 fully saturated rings. The Hall–Kier alpha value is -1.81. The molecule has 1 aliphatic heterocycles. The summed E-state index contributed by atoms with van der Waals surface area (Å²) in [7, 11) is 0. The van der Waals surface area contributed by atoms with Crippen molar-refractivity contribution in [1.29, 1.82) is 0 Å². The standard InChI is InChI=1S/C20H27N3O/c1-3-7-23(8-4-2)15-9-14-11-22-18-6-5-16(17(10-15)20(14)18)19-12-21-13-24-19/h5-6,12-15,22H,3-4,7-11H2,1-2H3. The molecule has 4 rings (SSSR count).